The number of benzene rings is 2. The van der Waals surface area contributed by atoms with Crippen molar-refractivity contribution in [1.29, 1.82) is 0 Å². The number of carbonyl (C=O) groups excluding carboxylic acids is 2. The smallest absolute Gasteiger partial charge is 0.410 e. The molecule has 0 aromatic heterocycles. The van der Waals surface area contributed by atoms with Crippen molar-refractivity contribution < 1.29 is 33.6 Å². The molecule has 2 N–H and O–H groups in total. The number of amides is 2. The molecule has 3 aliphatic heterocycles. The SMILES string of the molecule is O=C(NC(Cc1ccccc1)C(O)CN1CCCCCCCCCCC(c2ccccc2)OC1=O)O[C@H]1CO[C@H]2OCC[C@H]21. The highest BCUT2D eigenvalue weighted by atomic mass is 16.7. The van der Waals surface area contributed by atoms with Crippen molar-refractivity contribution in [3.63, 3.8) is 0 Å². The number of hydrogen-bond donors (Lipinski definition) is 2. The second-order valence-electron chi connectivity index (χ2n) is 12.3. The lowest BCUT2D eigenvalue weighted by Crippen LogP contribution is -2.51. The highest BCUT2D eigenvalue weighted by Gasteiger charge is 2.44. The van der Waals surface area contributed by atoms with E-state index in [4.69, 9.17) is 18.9 Å². The average Bonchev–Trinajstić information content (AvgIpc) is 3.66. The highest BCUT2D eigenvalue weighted by Crippen LogP contribution is 2.33. The second kappa shape index (κ2) is 16.8. The number of nitrogens with one attached hydrogen (secondary N) is 1. The van der Waals surface area contributed by atoms with Gasteiger partial charge >= 0.3 is 12.2 Å². The molecule has 2 aromatic rings. The monoisotopic (exact) mass is 608 g/mol. The van der Waals surface area contributed by atoms with E-state index in [9.17, 15) is 14.7 Å². The molecule has 3 saturated heterocycles. The maximum atomic E-state index is 13.7. The quantitative estimate of drug-likeness (QED) is 0.370. The lowest BCUT2D eigenvalue weighted by Gasteiger charge is -2.31. The van der Waals surface area contributed by atoms with Gasteiger partial charge in [-0.15, -0.1) is 0 Å². The van der Waals surface area contributed by atoms with Crippen LogP contribution in [0.15, 0.2) is 60.7 Å². The second-order valence-corrected chi connectivity index (χ2v) is 12.3. The fourth-order valence-electron chi connectivity index (χ4n) is 6.48. The molecule has 3 aliphatic rings. The summed E-state index contributed by atoms with van der Waals surface area (Å²) < 4.78 is 23.1. The summed E-state index contributed by atoms with van der Waals surface area (Å²) in [6, 6.07) is 18.9. The number of fused-ring (bicyclic) bond motifs is 1. The van der Waals surface area contributed by atoms with Crippen LogP contribution in [0.4, 0.5) is 9.59 Å². The van der Waals surface area contributed by atoms with Crippen LogP contribution in [0.25, 0.3) is 0 Å². The molecule has 240 valence electrons. The minimum atomic E-state index is -1.05. The summed E-state index contributed by atoms with van der Waals surface area (Å²) >= 11 is 0. The molecular formula is C35H48N2O7. The van der Waals surface area contributed by atoms with Crippen LogP contribution < -0.4 is 5.32 Å². The molecule has 9 heteroatoms. The van der Waals surface area contributed by atoms with E-state index in [1.807, 2.05) is 60.7 Å². The van der Waals surface area contributed by atoms with Crippen molar-refractivity contribution in [2.24, 2.45) is 5.92 Å². The molecule has 6 atom stereocenters. The van der Waals surface area contributed by atoms with Crippen LogP contribution >= 0.6 is 0 Å². The summed E-state index contributed by atoms with van der Waals surface area (Å²) in [4.78, 5) is 28.4. The third-order valence-electron chi connectivity index (χ3n) is 9.03. The van der Waals surface area contributed by atoms with E-state index in [-0.39, 0.29) is 31.5 Å². The summed E-state index contributed by atoms with van der Waals surface area (Å²) in [7, 11) is 0. The van der Waals surface area contributed by atoms with Crippen LogP contribution in [0.5, 0.6) is 0 Å². The van der Waals surface area contributed by atoms with Gasteiger partial charge < -0.3 is 34.3 Å². The van der Waals surface area contributed by atoms with Crippen molar-refractivity contribution in [2.45, 2.75) is 101 Å². The summed E-state index contributed by atoms with van der Waals surface area (Å²) in [5.74, 6) is 0.0152. The van der Waals surface area contributed by atoms with Gasteiger partial charge in [0, 0.05) is 6.54 Å². The van der Waals surface area contributed by atoms with Crippen molar-refractivity contribution >= 4 is 12.2 Å². The molecule has 44 heavy (non-hydrogen) atoms. The van der Waals surface area contributed by atoms with E-state index >= 15 is 0 Å². The highest BCUT2D eigenvalue weighted by molar-refractivity contribution is 5.69. The van der Waals surface area contributed by atoms with E-state index < -0.39 is 30.4 Å². The van der Waals surface area contributed by atoms with Crippen molar-refractivity contribution in [3.8, 4) is 0 Å². The fourth-order valence-corrected chi connectivity index (χ4v) is 6.48. The van der Waals surface area contributed by atoms with Gasteiger partial charge in [0.15, 0.2) is 6.29 Å². The molecule has 0 aliphatic carbocycles. The van der Waals surface area contributed by atoms with Gasteiger partial charge in [-0.05, 0) is 43.2 Å². The number of alkyl carbamates (subject to hydrolysis) is 1. The van der Waals surface area contributed by atoms with Crippen LogP contribution in [0.1, 0.15) is 81.4 Å². The number of rotatable bonds is 8. The Morgan fingerprint density at radius 1 is 0.909 bits per heavy atom. The van der Waals surface area contributed by atoms with Crippen LogP contribution in [-0.2, 0) is 25.4 Å². The molecule has 0 radical (unpaired) electrons. The molecule has 3 unspecified atom stereocenters. The first-order valence-electron chi connectivity index (χ1n) is 16.5. The first-order chi connectivity index (χ1) is 21.6. The molecule has 5 rings (SSSR count). The van der Waals surface area contributed by atoms with E-state index in [1.165, 1.54) is 19.3 Å². The summed E-state index contributed by atoms with van der Waals surface area (Å²) in [6.45, 7) is 1.38. The largest absolute Gasteiger partial charge is 0.443 e. The van der Waals surface area contributed by atoms with Gasteiger partial charge in [-0.3, -0.25) is 0 Å². The third kappa shape index (κ3) is 9.43. The standard InChI is InChI=1S/C35H48N2O7/c38-30(29(23-26-15-9-7-10-16-26)36-34(39)43-32-25-42-33-28(32)20-22-41-33)24-37-21-14-6-4-2-1-3-5-13-19-31(44-35(37)40)27-17-11-8-12-18-27/h7-12,15-18,28-33,38H,1-6,13-14,19-25H2,(H,36,39)/t28-,29?,30?,31?,32-,33+/m0/s1. The minimum absolute atomic E-state index is 0.0152. The van der Waals surface area contributed by atoms with Crippen LogP contribution in [-0.4, -0.2) is 73.0 Å². The number of β-amino-alcohol motifs (C(OH)–C–C–N with tert-alkyl or cyclic N) is 1. The number of nitrogens with zero attached hydrogens (tertiary/aromatic N) is 1. The molecule has 0 saturated carbocycles. The normalized spacial score (nSPS) is 26.6. The van der Waals surface area contributed by atoms with Gasteiger partial charge in [0.05, 0.1) is 37.8 Å². The van der Waals surface area contributed by atoms with Crippen molar-refractivity contribution in [3.05, 3.63) is 71.8 Å². The fraction of sp³-hybridized carbons (Fsp3) is 0.600. The molecular weight excluding hydrogens is 560 g/mol. The topological polar surface area (TPSA) is 107 Å². The molecule has 9 nitrogen and oxygen atoms in total. The molecule has 2 aromatic carbocycles. The first-order valence-corrected chi connectivity index (χ1v) is 16.5. The van der Waals surface area contributed by atoms with Crippen LogP contribution in [0, 0.1) is 5.92 Å². The average molecular weight is 609 g/mol. The molecule has 3 heterocycles. The summed E-state index contributed by atoms with van der Waals surface area (Å²) in [6.07, 6.45) is 7.42. The lowest BCUT2D eigenvalue weighted by atomic mass is 10.0. The Bertz CT molecular complexity index is 1150. The molecule has 0 bridgehead atoms. The molecule has 3 fully saturated rings. The zero-order valence-electron chi connectivity index (χ0n) is 25.7. The van der Waals surface area contributed by atoms with Gasteiger partial charge in [-0.25, -0.2) is 9.59 Å². The van der Waals surface area contributed by atoms with Gasteiger partial charge in [-0.2, -0.15) is 0 Å². The van der Waals surface area contributed by atoms with Gasteiger partial charge in [-0.1, -0.05) is 99.2 Å². The van der Waals surface area contributed by atoms with E-state index in [0.717, 1.165) is 56.1 Å². The Hall–Kier alpha value is -3.14. The number of aliphatic hydroxyl groups is 1. The van der Waals surface area contributed by atoms with E-state index in [0.29, 0.717) is 19.6 Å². The summed E-state index contributed by atoms with van der Waals surface area (Å²) in [5, 5.41) is 14.5. The number of cyclic esters (lactones) is 1. The number of hydrogen-bond acceptors (Lipinski definition) is 7. The van der Waals surface area contributed by atoms with Crippen molar-refractivity contribution in [2.75, 3.05) is 26.3 Å². The summed E-state index contributed by atoms with van der Waals surface area (Å²) in [5.41, 5.74) is 1.93. The van der Waals surface area contributed by atoms with Gasteiger partial charge in [0.1, 0.15) is 12.2 Å². The Morgan fingerprint density at radius 2 is 1.59 bits per heavy atom. The van der Waals surface area contributed by atoms with Crippen molar-refractivity contribution in [1.82, 2.24) is 10.2 Å². The van der Waals surface area contributed by atoms with Gasteiger partial charge in [0.25, 0.3) is 0 Å². The lowest BCUT2D eigenvalue weighted by molar-refractivity contribution is -0.0907. The first kappa shape index (κ1) is 32.3. The predicted octanol–water partition coefficient (Wildman–Crippen LogP) is 6.15. The number of carbonyl (C=O) groups is 2. The van der Waals surface area contributed by atoms with E-state index in [2.05, 4.69) is 5.32 Å². The third-order valence-corrected chi connectivity index (χ3v) is 9.03. The predicted molar refractivity (Wildman–Crippen MR) is 166 cm³/mol. The maximum absolute atomic E-state index is 13.7. The minimum Gasteiger partial charge on any atom is -0.443 e. The van der Waals surface area contributed by atoms with E-state index in [1.54, 1.807) is 4.90 Å². The number of ether oxygens (including phenoxy) is 4. The Kier molecular flexibility index (Phi) is 12.3. The Labute approximate surface area is 261 Å². The van der Waals surface area contributed by atoms with Gasteiger partial charge in [0.2, 0.25) is 0 Å². The van der Waals surface area contributed by atoms with Crippen LogP contribution in [0.2, 0.25) is 0 Å². The maximum Gasteiger partial charge on any atom is 0.410 e. The zero-order valence-corrected chi connectivity index (χ0v) is 25.7. The number of aliphatic hydroxyl groups excluding tert-OH is 1. The zero-order chi connectivity index (χ0) is 30.6. The molecule has 2 amide bonds. The van der Waals surface area contributed by atoms with Crippen LogP contribution in [0.3, 0.4) is 0 Å². The Balaban J connectivity index is 1.28. The Morgan fingerprint density at radius 3 is 2.34 bits per heavy atom. The molecule has 0 spiro atoms.